The Labute approximate surface area is 80.3 Å². The van der Waals surface area contributed by atoms with Crippen LogP contribution in [0.4, 0.5) is 0 Å². The van der Waals surface area contributed by atoms with Crippen molar-refractivity contribution in [3.8, 4) is 0 Å². The average Bonchev–Trinajstić information content (AvgIpc) is 2.48. The van der Waals surface area contributed by atoms with E-state index in [0.717, 1.165) is 0 Å². The highest BCUT2D eigenvalue weighted by Crippen LogP contribution is 2.32. The van der Waals surface area contributed by atoms with Crippen molar-refractivity contribution in [1.29, 1.82) is 0 Å². The van der Waals surface area contributed by atoms with Crippen molar-refractivity contribution in [2.45, 2.75) is 26.2 Å². The first-order valence-corrected chi connectivity index (χ1v) is 4.74. The summed E-state index contributed by atoms with van der Waals surface area (Å²) in [6.45, 7) is 6.78. The van der Waals surface area contributed by atoms with Gasteiger partial charge in [-0.15, -0.1) is 0 Å². The van der Waals surface area contributed by atoms with Gasteiger partial charge in [0.1, 0.15) is 0 Å². The number of hydrogen-bond acceptors (Lipinski definition) is 0. The molecule has 13 heavy (non-hydrogen) atoms. The van der Waals surface area contributed by atoms with E-state index in [1.807, 2.05) is 0 Å². The standard InChI is InChI=1S/C13H15/c1-13(2,3)12-9-5-7-10-6-4-8-11(10)12/h4-9H,1-3H3. The van der Waals surface area contributed by atoms with Crippen molar-refractivity contribution in [3.05, 3.63) is 47.4 Å². The van der Waals surface area contributed by atoms with Crippen molar-refractivity contribution in [2.24, 2.45) is 0 Å². The van der Waals surface area contributed by atoms with Crippen molar-refractivity contribution < 1.29 is 0 Å². The number of fused-ring (bicyclic) bond motifs is 1. The first-order valence-electron chi connectivity index (χ1n) is 4.74. The van der Waals surface area contributed by atoms with Crippen LogP contribution in [0.25, 0.3) is 6.08 Å². The first-order chi connectivity index (χ1) is 6.09. The summed E-state index contributed by atoms with van der Waals surface area (Å²) in [6.07, 6.45) is 6.50. The molecule has 0 bridgehead atoms. The van der Waals surface area contributed by atoms with Gasteiger partial charge < -0.3 is 0 Å². The molecule has 1 aliphatic carbocycles. The normalized spacial score (nSPS) is 14.7. The van der Waals surface area contributed by atoms with Crippen LogP contribution in [0.3, 0.4) is 0 Å². The second kappa shape index (κ2) is 2.73. The molecule has 67 valence electrons. The van der Waals surface area contributed by atoms with Crippen LogP contribution in [0.15, 0.2) is 24.3 Å². The van der Waals surface area contributed by atoms with Gasteiger partial charge in [-0.1, -0.05) is 51.1 Å². The Hall–Kier alpha value is -1.04. The summed E-state index contributed by atoms with van der Waals surface area (Å²) in [5, 5.41) is 0. The van der Waals surface area contributed by atoms with Gasteiger partial charge in [0.25, 0.3) is 0 Å². The lowest BCUT2D eigenvalue weighted by atomic mass is 9.82. The molecule has 0 atom stereocenters. The van der Waals surface area contributed by atoms with E-state index < -0.39 is 0 Å². The highest BCUT2D eigenvalue weighted by Gasteiger charge is 2.20. The molecule has 0 unspecified atom stereocenters. The monoisotopic (exact) mass is 171 g/mol. The smallest absolute Gasteiger partial charge is 0.0134 e. The summed E-state index contributed by atoms with van der Waals surface area (Å²) in [4.78, 5) is 0. The van der Waals surface area contributed by atoms with E-state index in [4.69, 9.17) is 0 Å². The Morgan fingerprint density at radius 3 is 2.54 bits per heavy atom. The Morgan fingerprint density at radius 2 is 1.85 bits per heavy atom. The van der Waals surface area contributed by atoms with Gasteiger partial charge in [0.2, 0.25) is 0 Å². The van der Waals surface area contributed by atoms with E-state index in [1.54, 1.807) is 0 Å². The van der Waals surface area contributed by atoms with Crippen LogP contribution < -0.4 is 0 Å². The van der Waals surface area contributed by atoms with Crippen LogP contribution in [0.1, 0.15) is 37.5 Å². The lowest BCUT2D eigenvalue weighted by Crippen LogP contribution is -2.13. The molecule has 0 saturated heterocycles. The summed E-state index contributed by atoms with van der Waals surface area (Å²) < 4.78 is 0. The van der Waals surface area contributed by atoms with Crippen LogP contribution in [0, 0.1) is 6.42 Å². The number of allylic oxidation sites excluding steroid dienone is 1. The highest BCUT2D eigenvalue weighted by atomic mass is 14.2. The summed E-state index contributed by atoms with van der Waals surface area (Å²) in [7, 11) is 0. The van der Waals surface area contributed by atoms with Crippen LogP contribution >= 0.6 is 0 Å². The van der Waals surface area contributed by atoms with Crippen molar-refractivity contribution in [3.63, 3.8) is 0 Å². The molecule has 0 aliphatic heterocycles. The molecule has 1 aromatic carbocycles. The molecule has 0 nitrogen and oxygen atoms in total. The zero-order chi connectivity index (χ0) is 9.47. The van der Waals surface area contributed by atoms with Gasteiger partial charge in [-0.25, -0.2) is 0 Å². The van der Waals surface area contributed by atoms with E-state index in [-0.39, 0.29) is 5.41 Å². The van der Waals surface area contributed by atoms with E-state index in [0.29, 0.717) is 0 Å². The molecule has 0 heteroatoms. The summed E-state index contributed by atoms with van der Waals surface area (Å²) in [5.74, 6) is 0. The second-order valence-electron chi connectivity index (χ2n) is 4.58. The molecular formula is C13H15. The molecule has 0 N–H and O–H groups in total. The maximum absolute atomic E-state index is 2.26. The molecule has 0 saturated carbocycles. The lowest BCUT2D eigenvalue weighted by molar-refractivity contribution is 0.587. The molecule has 0 heterocycles. The van der Waals surface area contributed by atoms with Crippen molar-refractivity contribution in [2.75, 3.05) is 0 Å². The van der Waals surface area contributed by atoms with Gasteiger partial charge in [0.05, 0.1) is 0 Å². The minimum atomic E-state index is 0.244. The van der Waals surface area contributed by atoms with Crippen molar-refractivity contribution in [1.82, 2.24) is 0 Å². The third-order valence-electron chi connectivity index (χ3n) is 2.49. The van der Waals surface area contributed by atoms with Crippen LogP contribution in [-0.4, -0.2) is 0 Å². The molecule has 1 aliphatic rings. The highest BCUT2D eigenvalue weighted by molar-refractivity contribution is 5.67. The van der Waals surface area contributed by atoms with Gasteiger partial charge in [-0.3, -0.25) is 0 Å². The predicted octanol–water partition coefficient (Wildman–Crippen LogP) is 3.56. The first kappa shape index (κ1) is 8.55. The van der Waals surface area contributed by atoms with Crippen molar-refractivity contribution >= 4 is 6.08 Å². The zero-order valence-electron chi connectivity index (χ0n) is 8.46. The van der Waals surface area contributed by atoms with Gasteiger partial charge in [-0.05, 0) is 22.1 Å². The Morgan fingerprint density at radius 1 is 1.08 bits per heavy atom. The quantitative estimate of drug-likeness (QED) is 0.560. The lowest BCUT2D eigenvalue weighted by Gasteiger charge is -2.22. The fourth-order valence-electron chi connectivity index (χ4n) is 1.82. The largest absolute Gasteiger partial charge is 0.0754 e. The average molecular weight is 171 g/mol. The Balaban J connectivity index is 2.57. The number of hydrogen-bond donors (Lipinski definition) is 0. The van der Waals surface area contributed by atoms with Gasteiger partial charge in [0, 0.05) is 6.42 Å². The van der Waals surface area contributed by atoms with E-state index in [1.165, 1.54) is 16.7 Å². The molecule has 0 spiro atoms. The molecule has 1 radical (unpaired) electrons. The summed E-state index contributed by atoms with van der Waals surface area (Å²) in [5.41, 5.74) is 4.44. The fourth-order valence-corrected chi connectivity index (χ4v) is 1.82. The van der Waals surface area contributed by atoms with Crippen LogP contribution in [-0.2, 0) is 5.41 Å². The Bertz CT molecular complexity index is 351. The second-order valence-corrected chi connectivity index (χ2v) is 4.58. The molecule has 1 aromatic rings. The van der Waals surface area contributed by atoms with Gasteiger partial charge in [-0.2, -0.15) is 0 Å². The summed E-state index contributed by atoms with van der Waals surface area (Å²) in [6, 6.07) is 6.54. The van der Waals surface area contributed by atoms with E-state index in [2.05, 4.69) is 57.5 Å². The zero-order valence-corrected chi connectivity index (χ0v) is 8.46. The van der Waals surface area contributed by atoms with Gasteiger partial charge in [0.15, 0.2) is 0 Å². The summed E-state index contributed by atoms with van der Waals surface area (Å²) >= 11 is 0. The van der Waals surface area contributed by atoms with Crippen LogP contribution in [0.2, 0.25) is 0 Å². The molecular weight excluding hydrogens is 156 g/mol. The maximum atomic E-state index is 2.26. The van der Waals surface area contributed by atoms with Gasteiger partial charge >= 0.3 is 0 Å². The topological polar surface area (TPSA) is 0 Å². The third-order valence-corrected chi connectivity index (χ3v) is 2.49. The van der Waals surface area contributed by atoms with E-state index >= 15 is 0 Å². The fraction of sp³-hybridized carbons (Fsp3) is 0.308. The number of benzene rings is 1. The molecule has 0 fully saturated rings. The van der Waals surface area contributed by atoms with E-state index in [9.17, 15) is 0 Å². The maximum Gasteiger partial charge on any atom is 0.0134 e. The van der Waals surface area contributed by atoms with Crippen LogP contribution in [0.5, 0.6) is 0 Å². The Kier molecular flexibility index (Phi) is 1.80. The molecule has 2 rings (SSSR count). The molecule has 0 amide bonds. The minimum absolute atomic E-state index is 0.244. The molecule has 0 aromatic heterocycles. The minimum Gasteiger partial charge on any atom is -0.0754 e. The predicted molar refractivity (Wildman–Crippen MR) is 57.6 cm³/mol. The third kappa shape index (κ3) is 1.41. The number of rotatable bonds is 0. The SMILES string of the molecule is CC(C)(C)c1cccc2c1[CH]C=C2.